The molecule has 0 aromatic heterocycles. The van der Waals surface area contributed by atoms with E-state index < -0.39 is 29.6 Å². The van der Waals surface area contributed by atoms with Crippen molar-refractivity contribution in [1.82, 2.24) is 10.6 Å². The van der Waals surface area contributed by atoms with Crippen molar-refractivity contribution in [1.29, 1.82) is 0 Å². The molecule has 6 heteroatoms. The Labute approximate surface area is 164 Å². The fraction of sp³-hybridized carbons (Fsp3) is 0.364. The molecule has 2 amide bonds. The van der Waals surface area contributed by atoms with Crippen LogP contribution in [0.1, 0.15) is 54.7 Å². The quantitative estimate of drug-likeness (QED) is 0.743. The highest BCUT2D eigenvalue weighted by atomic mass is 19.1. The van der Waals surface area contributed by atoms with E-state index in [4.69, 9.17) is 0 Å². The van der Waals surface area contributed by atoms with Crippen LogP contribution in [0, 0.1) is 24.5 Å². The molecule has 0 radical (unpaired) electrons. The molecule has 2 atom stereocenters. The molecule has 0 aliphatic heterocycles. The van der Waals surface area contributed by atoms with Gasteiger partial charge in [0, 0.05) is 17.2 Å². The van der Waals surface area contributed by atoms with Gasteiger partial charge in [-0.25, -0.2) is 8.78 Å². The number of hydrogen-bond acceptors (Lipinski definition) is 2. The molecular weight excluding hydrogens is 362 g/mol. The molecule has 2 N–H and O–H groups in total. The lowest BCUT2D eigenvalue weighted by Crippen LogP contribution is -2.48. The number of hydrogen-bond donors (Lipinski definition) is 2. The molecule has 0 saturated carbocycles. The highest BCUT2D eigenvalue weighted by Crippen LogP contribution is 2.18. The highest BCUT2D eigenvalue weighted by Gasteiger charge is 2.25. The first-order valence-corrected chi connectivity index (χ1v) is 9.30. The first-order valence-electron chi connectivity index (χ1n) is 9.30. The number of aryl methyl sites for hydroxylation is 1. The normalized spacial score (nSPS) is 13.1. The minimum Gasteiger partial charge on any atom is -0.348 e. The third kappa shape index (κ3) is 5.62. The zero-order valence-electron chi connectivity index (χ0n) is 16.6. The molecule has 150 valence electrons. The van der Waals surface area contributed by atoms with Gasteiger partial charge in [0.25, 0.3) is 5.91 Å². The van der Waals surface area contributed by atoms with Crippen LogP contribution in [0.15, 0.2) is 42.5 Å². The second-order valence-electron chi connectivity index (χ2n) is 7.37. The Morgan fingerprint density at radius 3 is 2.29 bits per heavy atom. The molecule has 0 aliphatic carbocycles. The van der Waals surface area contributed by atoms with Crippen molar-refractivity contribution in [2.24, 2.45) is 5.92 Å². The van der Waals surface area contributed by atoms with Crippen LogP contribution >= 0.6 is 0 Å². The van der Waals surface area contributed by atoms with E-state index in [1.54, 1.807) is 19.1 Å². The Kier molecular flexibility index (Phi) is 7.26. The van der Waals surface area contributed by atoms with E-state index >= 15 is 0 Å². The van der Waals surface area contributed by atoms with Crippen molar-refractivity contribution >= 4 is 11.8 Å². The molecule has 0 saturated heterocycles. The molecular formula is C22H26F2N2O2. The van der Waals surface area contributed by atoms with Crippen molar-refractivity contribution in [3.63, 3.8) is 0 Å². The fourth-order valence-corrected chi connectivity index (χ4v) is 3.01. The van der Waals surface area contributed by atoms with Gasteiger partial charge in [-0.1, -0.05) is 38.1 Å². The van der Waals surface area contributed by atoms with Gasteiger partial charge in [-0.3, -0.25) is 9.59 Å². The summed E-state index contributed by atoms with van der Waals surface area (Å²) < 4.78 is 27.1. The summed E-state index contributed by atoms with van der Waals surface area (Å²) in [4.78, 5) is 25.4. The van der Waals surface area contributed by atoms with Crippen molar-refractivity contribution in [3.05, 3.63) is 70.8 Å². The lowest BCUT2D eigenvalue weighted by atomic mass is 10.0. The SMILES string of the molecule is Cc1ccccc1C(=O)N[C@H](CC(C)C)C(=O)N[C@H](C)c1ccc(F)cc1F. The van der Waals surface area contributed by atoms with Crippen LogP contribution in [0.25, 0.3) is 0 Å². The lowest BCUT2D eigenvalue weighted by molar-refractivity contribution is -0.124. The van der Waals surface area contributed by atoms with Gasteiger partial charge in [-0.15, -0.1) is 0 Å². The Hall–Kier alpha value is -2.76. The van der Waals surface area contributed by atoms with Gasteiger partial charge in [0.05, 0.1) is 6.04 Å². The monoisotopic (exact) mass is 388 g/mol. The van der Waals surface area contributed by atoms with E-state index in [9.17, 15) is 18.4 Å². The van der Waals surface area contributed by atoms with Crippen LogP contribution in [0.3, 0.4) is 0 Å². The smallest absolute Gasteiger partial charge is 0.252 e. The van der Waals surface area contributed by atoms with Crippen LogP contribution in [0.4, 0.5) is 8.78 Å². The summed E-state index contributed by atoms with van der Waals surface area (Å²) in [5.41, 5.74) is 1.50. The number of amides is 2. The standard InChI is InChI=1S/C22H26F2N2O2/c1-13(2)11-20(26-21(27)17-8-6-5-7-14(17)3)22(28)25-15(4)18-10-9-16(23)12-19(18)24/h5-10,12-13,15,20H,11H2,1-4H3,(H,25,28)(H,26,27)/t15-,20-/m1/s1. The van der Waals surface area contributed by atoms with E-state index in [-0.39, 0.29) is 17.4 Å². The van der Waals surface area contributed by atoms with Crippen LogP contribution in [-0.2, 0) is 4.79 Å². The van der Waals surface area contributed by atoms with Crippen LogP contribution in [0.2, 0.25) is 0 Å². The van der Waals surface area contributed by atoms with Gasteiger partial charge in [-0.2, -0.15) is 0 Å². The number of nitrogens with one attached hydrogen (secondary N) is 2. The average Bonchev–Trinajstić information content (AvgIpc) is 2.60. The fourth-order valence-electron chi connectivity index (χ4n) is 3.01. The topological polar surface area (TPSA) is 58.2 Å². The van der Waals surface area contributed by atoms with Crippen LogP contribution < -0.4 is 10.6 Å². The van der Waals surface area contributed by atoms with Gasteiger partial charge >= 0.3 is 0 Å². The van der Waals surface area contributed by atoms with Gasteiger partial charge in [-0.05, 0) is 43.9 Å². The van der Waals surface area contributed by atoms with E-state index in [0.29, 0.717) is 12.0 Å². The zero-order valence-corrected chi connectivity index (χ0v) is 16.6. The van der Waals surface area contributed by atoms with Gasteiger partial charge in [0.1, 0.15) is 17.7 Å². The van der Waals surface area contributed by atoms with Gasteiger partial charge < -0.3 is 10.6 Å². The predicted octanol–water partition coefficient (Wildman–Crippen LogP) is 4.30. The van der Waals surface area contributed by atoms with E-state index in [2.05, 4.69) is 10.6 Å². The summed E-state index contributed by atoms with van der Waals surface area (Å²) in [5, 5.41) is 5.50. The maximum absolute atomic E-state index is 14.0. The highest BCUT2D eigenvalue weighted by molar-refractivity contribution is 5.98. The van der Waals surface area contributed by atoms with Crippen molar-refractivity contribution in [3.8, 4) is 0 Å². The number of halogens is 2. The Bertz CT molecular complexity index is 852. The molecule has 2 rings (SSSR count). The summed E-state index contributed by atoms with van der Waals surface area (Å²) in [5.74, 6) is -1.99. The number of benzene rings is 2. The van der Waals surface area contributed by atoms with Crippen molar-refractivity contribution in [2.45, 2.75) is 46.2 Å². The van der Waals surface area contributed by atoms with E-state index in [1.165, 1.54) is 6.07 Å². The minimum absolute atomic E-state index is 0.158. The molecule has 0 aliphatic rings. The predicted molar refractivity (Wildman–Crippen MR) is 105 cm³/mol. The molecule has 0 bridgehead atoms. The maximum Gasteiger partial charge on any atom is 0.252 e. The minimum atomic E-state index is -0.766. The average molecular weight is 388 g/mol. The summed E-state index contributed by atoms with van der Waals surface area (Å²) in [7, 11) is 0. The second kappa shape index (κ2) is 9.44. The Balaban J connectivity index is 2.14. The third-order valence-electron chi connectivity index (χ3n) is 4.51. The number of carbonyl (C=O) groups is 2. The third-order valence-corrected chi connectivity index (χ3v) is 4.51. The van der Waals surface area contributed by atoms with E-state index in [0.717, 1.165) is 17.7 Å². The largest absolute Gasteiger partial charge is 0.348 e. The van der Waals surface area contributed by atoms with Crippen molar-refractivity contribution < 1.29 is 18.4 Å². The Morgan fingerprint density at radius 2 is 1.68 bits per heavy atom. The molecule has 2 aromatic rings. The lowest BCUT2D eigenvalue weighted by Gasteiger charge is -2.23. The first kappa shape index (κ1) is 21.5. The molecule has 4 nitrogen and oxygen atoms in total. The van der Waals surface area contributed by atoms with Gasteiger partial charge in [0.15, 0.2) is 0 Å². The molecule has 28 heavy (non-hydrogen) atoms. The summed E-state index contributed by atoms with van der Waals surface area (Å²) in [6.45, 7) is 7.34. The maximum atomic E-state index is 14.0. The molecule has 0 fully saturated rings. The molecule has 0 unspecified atom stereocenters. The Morgan fingerprint density at radius 1 is 1.00 bits per heavy atom. The first-order chi connectivity index (χ1) is 13.2. The number of carbonyl (C=O) groups excluding carboxylic acids is 2. The van der Waals surface area contributed by atoms with Crippen LogP contribution in [0.5, 0.6) is 0 Å². The summed E-state index contributed by atoms with van der Waals surface area (Å²) in [6.07, 6.45) is 0.433. The molecule has 0 spiro atoms. The van der Waals surface area contributed by atoms with Gasteiger partial charge in [0.2, 0.25) is 5.91 Å². The second-order valence-corrected chi connectivity index (χ2v) is 7.37. The van der Waals surface area contributed by atoms with Crippen LogP contribution in [-0.4, -0.2) is 17.9 Å². The molecule has 0 heterocycles. The van der Waals surface area contributed by atoms with E-state index in [1.807, 2.05) is 32.9 Å². The molecule has 2 aromatic carbocycles. The van der Waals surface area contributed by atoms with Crippen molar-refractivity contribution in [2.75, 3.05) is 0 Å². The number of rotatable bonds is 7. The summed E-state index contributed by atoms with van der Waals surface area (Å²) >= 11 is 0. The zero-order chi connectivity index (χ0) is 20.8. The summed E-state index contributed by atoms with van der Waals surface area (Å²) in [6, 6.07) is 8.92.